The molecule has 0 spiro atoms. The first kappa shape index (κ1) is 16.8. The van der Waals surface area contributed by atoms with Gasteiger partial charge in [0.1, 0.15) is 0 Å². The molecule has 2 heterocycles. The van der Waals surface area contributed by atoms with Crippen LogP contribution in [0.1, 0.15) is 24.8 Å². The summed E-state index contributed by atoms with van der Waals surface area (Å²) in [5.74, 6) is 1.55. The summed E-state index contributed by atoms with van der Waals surface area (Å²) in [5.41, 5.74) is 1.24. The fraction of sp³-hybridized carbons (Fsp3) is 0.714. The molecule has 1 aromatic heterocycles. The van der Waals surface area contributed by atoms with E-state index in [0.29, 0.717) is 12.5 Å². The lowest BCUT2D eigenvalue weighted by Crippen LogP contribution is -2.41. The molecule has 124 valence electrons. The molecule has 22 heavy (non-hydrogen) atoms. The third-order valence-corrected chi connectivity index (χ3v) is 5.74. The number of guanidine groups is 1. The van der Waals surface area contributed by atoms with Crippen molar-refractivity contribution < 1.29 is 8.42 Å². The Balaban J connectivity index is 1.88. The molecule has 0 bridgehead atoms. The zero-order chi connectivity index (χ0) is 16.2. The molecule has 0 saturated carbocycles. The van der Waals surface area contributed by atoms with Crippen LogP contribution in [0.2, 0.25) is 0 Å². The number of aromatic nitrogens is 2. The summed E-state index contributed by atoms with van der Waals surface area (Å²) >= 11 is 0. The summed E-state index contributed by atoms with van der Waals surface area (Å²) in [6, 6.07) is 0. The number of rotatable bonds is 5. The van der Waals surface area contributed by atoms with E-state index in [4.69, 9.17) is 0 Å². The molecule has 7 nitrogen and oxygen atoms in total. The van der Waals surface area contributed by atoms with Crippen molar-refractivity contribution in [2.24, 2.45) is 12.0 Å². The number of hydrogen-bond donors (Lipinski definition) is 1. The summed E-state index contributed by atoms with van der Waals surface area (Å²) in [6.45, 7) is 3.87. The molecule has 1 aromatic rings. The molecule has 1 fully saturated rings. The number of nitrogens with zero attached hydrogens (tertiary/aromatic N) is 4. The number of aliphatic imine (C=N–C) groups is 1. The Kier molecular flexibility index (Phi) is 5.44. The van der Waals surface area contributed by atoms with E-state index in [1.807, 2.05) is 17.9 Å². The van der Waals surface area contributed by atoms with Crippen molar-refractivity contribution in [1.29, 1.82) is 0 Å². The molecule has 8 heteroatoms. The normalized spacial score (nSPS) is 19.7. The maximum atomic E-state index is 11.5. The van der Waals surface area contributed by atoms with E-state index in [1.54, 1.807) is 14.0 Å². The number of hydrogen-bond acceptors (Lipinski definition) is 4. The second-order valence-corrected chi connectivity index (χ2v) is 8.06. The standard InChI is InChI=1S/C14H25N5O2S/c1-4-22(20,21)8-6-16-14(15-2)19-7-5-12(11-19)13-9-17-18(3)10-13/h9-10,12H,4-8,11H2,1-3H3,(H,15,16). The first-order valence-corrected chi connectivity index (χ1v) is 9.42. The summed E-state index contributed by atoms with van der Waals surface area (Å²) < 4.78 is 24.9. The molecular weight excluding hydrogens is 302 g/mol. The molecule has 1 aliphatic heterocycles. The van der Waals surface area contributed by atoms with Crippen molar-refractivity contribution in [3.8, 4) is 0 Å². The van der Waals surface area contributed by atoms with Crippen molar-refractivity contribution >= 4 is 15.8 Å². The minimum absolute atomic E-state index is 0.141. The van der Waals surface area contributed by atoms with Gasteiger partial charge >= 0.3 is 0 Å². The fourth-order valence-corrected chi connectivity index (χ4v) is 3.37. The Morgan fingerprint density at radius 3 is 2.91 bits per heavy atom. The molecular formula is C14H25N5O2S. The fourth-order valence-electron chi connectivity index (χ4n) is 2.67. The lowest BCUT2D eigenvalue weighted by atomic mass is 10.0. The largest absolute Gasteiger partial charge is 0.355 e. The molecule has 1 aliphatic rings. The van der Waals surface area contributed by atoms with Gasteiger partial charge in [-0.3, -0.25) is 9.67 Å². The van der Waals surface area contributed by atoms with Gasteiger partial charge in [-0.15, -0.1) is 0 Å². The van der Waals surface area contributed by atoms with E-state index in [9.17, 15) is 8.42 Å². The Morgan fingerprint density at radius 1 is 1.55 bits per heavy atom. The topological polar surface area (TPSA) is 79.6 Å². The molecule has 1 unspecified atom stereocenters. The third kappa shape index (κ3) is 4.22. The molecule has 0 aliphatic carbocycles. The minimum Gasteiger partial charge on any atom is -0.355 e. The van der Waals surface area contributed by atoms with Crippen LogP contribution >= 0.6 is 0 Å². The van der Waals surface area contributed by atoms with E-state index in [2.05, 4.69) is 26.5 Å². The quantitative estimate of drug-likeness (QED) is 0.618. The van der Waals surface area contributed by atoms with E-state index < -0.39 is 9.84 Å². The Labute approximate surface area is 132 Å². The SMILES string of the molecule is CCS(=O)(=O)CCNC(=NC)N1CCC(c2cnn(C)c2)C1. The van der Waals surface area contributed by atoms with Gasteiger partial charge in [-0.1, -0.05) is 6.92 Å². The number of likely N-dealkylation sites (tertiary alicyclic amines) is 1. The van der Waals surface area contributed by atoms with Gasteiger partial charge in [-0.2, -0.15) is 5.10 Å². The van der Waals surface area contributed by atoms with Crippen LogP contribution in [0.15, 0.2) is 17.4 Å². The molecule has 1 saturated heterocycles. The maximum Gasteiger partial charge on any atom is 0.193 e. The molecule has 1 atom stereocenters. The average molecular weight is 327 g/mol. The zero-order valence-electron chi connectivity index (χ0n) is 13.5. The minimum atomic E-state index is -2.94. The van der Waals surface area contributed by atoms with Crippen molar-refractivity contribution in [3.63, 3.8) is 0 Å². The molecule has 0 amide bonds. The Hall–Kier alpha value is -1.57. The van der Waals surface area contributed by atoms with Gasteiger partial charge in [-0.25, -0.2) is 8.42 Å². The van der Waals surface area contributed by atoms with Gasteiger partial charge in [0.05, 0.1) is 11.9 Å². The lowest BCUT2D eigenvalue weighted by Gasteiger charge is -2.21. The monoisotopic (exact) mass is 327 g/mol. The third-order valence-electron chi connectivity index (χ3n) is 4.03. The smallest absolute Gasteiger partial charge is 0.193 e. The number of nitrogens with one attached hydrogen (secondary N) is 1. The first-order chi connectivity index (χ1) is 10.4. The second-order valence-electron chi connectivity index (χ2n) is 5.59. The van der Waals surface area contributed by atoms with Crippen molar-refractivity contribution in [2.45, 2.75) is 19.3 Å². The van der Waals surface area contributed by atoms with Gasteiger partial charge in [0, 0.05) is 51.6 Å². The summed E-state index contributed by atoms with van der Waals surface area (Å²) in [5, 5.41) is 7.38. The van der Waals surface area contributed by atoms with Crippen LogP contribution in [0.3, 0.4) is 0 Å². The highest BCUT2D eigenvalue weighted by Crippen LogP contribution is 2.26. The zero-order valence-corrected chi connectivity index (χ0v) is 14.3. The highest BCUT2D eigenvalue weighted by molar-refractivity contribution is 7.91. The van der Waals surface area contributed by atoms with Crippen LogP contribution in [-0.4, -0.2) is 67.2 Å². The van der Waals surface area contributed by atoms with E-state index >= 15 is 0 Å². The van der Waals surface area contributed by atoms with Crippen LogP contribution in [0.25, 0.3) is 0 Å². The first-order valence-electron chi connectivity index (χ1n) is 7.59. The second kappa shape index (κ2) is 7.13. The number of aryl methyl sites for hydroxylation is 1. The summed E-state index contributed by atoms with van der Waals surface area (Å²) in [7, 11) is 0.707. The Bertz CT molecular complexity index is 623. The van der Waals surface area contributed by atoms with Gasteiger partial charge < -0.3 is 10.2 Å². The van der Waals surface area contributed by atoms with Crippen molar-refractivity contribution in [1.82, 2.24) is 20.0 Å². The van der Waals surface area contributed by atoms with Crippen molar-refractivity contribution in [3.05, 3.63) is 18.0 Å². The van der Waals surface area contributed by atoms with Crippen LogP contribution in [0, 0.1) is 0 Å². The van der Waals surface area contributed by atoms with Crippen LogP contribution in [0.4, 0.5) is 0 Å². The van der Waals surface area contributed by atoms with Gasteiger partial charge in [0.2, 0.25) is 0 Å². The molecule has 0 aromatic carbocycles. The van der Waals surface area contributed by atoms with E-state index in [-0.39, 0.29) is 11.5 Å². The lowest BCUT2D eigenvalue weighted by molar-refractivity contribution is 0.488. The highest BCUT2D eigenvalue weighted by Gasteiger charge is 2.26. The highest BCUT2D eigenvalue weighted by atomic mass is 32.2. The van der Waals surface area contributed by atoms with Gasteiger partial charge in [0.15, 0.2) is 15.8 Å². The predicted molar refractivity (Wildman–Crippen MR) is 87.8 cm³/mol. The van der Waals surface area contributed by atoms with E-state index in [0.717, 1.165) is 25.5 Å². The molecule has 2 rings (SSSR count). The van der Waals surface area contributed by atoms with Crippen LogP contribution < -0.4 is 5.32 Å². The van der Waals surface area contributed by atoms with Crippen LogP contribution in [0.5, 0.6) is 0 Å². The number of sulfone groups is 1. The predicted octanol–water partition coefficient (Wildman–Crippen LogP) is 0.220. The van der Waals surface area contributed by atoms with Crippen LogP contribution in [-0.2, 0) is 16.9 Å². The molecule has 0 radical (unpaired) electrons. The summed E-state index contributed by atoms with van der Waals surface area (Å²) in [6.07, 6.45) is 5.02. The van der Waals surface area contributed by atoms with Gasteiger partial charge in [0.25, 0.3) is 0 Å². The van der Waals surface area contributed by atoms with Gasteiger partial charge in [-0.05, 0) is 12.0 Å². The van der Waals surface area contributed by atoms with Crippen molar-refractivity contribution in [2.75, 3.05) is 38.2 Å². The van der Waals surface area contributed by atoms with E-state index in [1.165, 1.54) is 5.56 Å². The maximum absolute atomic E-state index is 11.5. The Morgan fingerprint density at radius 2 is 2.32 bits per heavy atom. The average Bonchev–Trinajstić information content (AvgIpc) is 3.12. The summed E-state index contributed by atoms with van der Waals surface area (Å²) in [4.78, 5) is 6.44. The molecule has 1 N–H and O–H groups in total.